The Hall–Kier alpha value is -2.91. The van der Waals surface area contributed by atoms with Crippen LogP contribution >= 0.6 is 12.6 Å². The maximum absolute atomic E-state index is 12.5. The summed E-state index contributed by atoms with van der Waals surface area (Å²) in [4.78, 5) is 69.9. The Bertz CT molecular complexity index is 703. The second-order valence-electron chi connectivity index (χ2n) is 6.58. The molecule has 5 atom stereocenters. The maximum atomic E-state index is 12.5. The number of hydrogen-bond donors (Lipinski definition) is 9. The van der Waals surface area contributed by atoms with Crippen molar-refractivity contribution >= 4 is 48.2 Å². The summed E-state index contributed by atoms with van der Waals surface area (Å²) >= 11 is 3.84. The highest BCUT2D eigenvalue weighted by atomic mass is 32.1. The van der Waals surface area contributed by atoms with Crippen molar-refractivity contribution in [2.75, 3.05) is 5.75 Å². The van der Waals surface area contributed by atoms with E-state index < -0.39 is 85.1 Å². The van der Waals surface area contributed by atoms with Crippen LogP contribution in [0.5, 0.6) is 0 Å². The summed E-state index contributed by atoms with van der Waals surface area (Å²) in [7, 11) is 0. The maximum Gasteiger partial charge on any atom is 0.326 e. The molecule has 0 spiro atoms. The van der Waals surface area contributed by atoms with E-state index in [4.69, 9.17) is 21.7 Å². The Balaban J connectivity index is 5.40. The first-order valence-electron chi connectivity index (χ1n) is 8.98. The molecule has 0 aromatic carbocycles. The highest BCUT2D eigenvalue weighted by Crippen LogP contribution is 2.03. The largest absolute Gasteiger partial charge is 0.481 e. The molecule has 4 amide bonds. The normalized spacial score (nSPS) is 15.5. The highest BCUT2D eigenvalue weighted by Gasteiger charge is 2.33. The van der Waals surface area contributed by atoms with E-state index >= 15 is 0 Å². The summed E-state index contributed by atoms with van der Waals surface area (Å²) in [6, 6.07) is -5.93. The van der Waals surface area contributed by atoms with E-state index in [0.717, 1.165) is 6.92 Å². The zero-order chi connectivity index (χ0) is 24.3. The van der Waals surface area contributed by atoms with Gasteiger partial charge in [-0.25, -0.2) is 4.79 Å². The lowest BCUT2D eigenvalue weighted by atomic mass is 10.1. The van der Waals surface area contributed by atoms with Crippen molar-refractivity contribution in [3.63, 3.8) is 0 Å². The summed E-state index contributed by atoms with van der Waals surface area (Å²) < 4.78 is 0. The lowest BCUT2D eigenvalue weighted by Crippen LogP contribution is -2.60. The van der Waals surface area contributed by atoms with Crippen molar-refractivity contribution < 1.29 is 44.1 Å². The number of amides is 4. The van der Waals surface area contributed by atoms with Crippen molar-refractivity contribution in [2.45, 2.75) is 56.5 Å². The van der Waals surface area contributed by atoms with Crippen LogP contribution in [0.4, 0.5) is 0 Å². The minimum Gasteiger partial charge on any atom is -0.481 e. The van der Waals surface area contributed by atoms with Gasteiger partial charge in [0.25, 0.3) is 0 Å². The molecule has 31 heavy (non-hydrogen) atoms. The molecule has 10 N–H and O–H groups in total. The molecule has 15 heteroatoms. The Morgan fingerprint density at radius 1 is 0.935 bits per heavy atom. The number of carboxylic acids is 2. The lowest BCUT2D eigenvalue weighted by Gasteiger charge is -2.26. The third kappa shape index (κ3) is 10.6. The average Bonchev–Trinajstić information content (AvgIpc) is 2.66. The zero-order valence-corrected chi connectivity index (χ0v) is 17.5. The molecule has 5 unspecified atom stereocenters. The SMILES string of the molecule is CC(O)C(NC(=O)C(CC(N)=O)NC(=O)C(N)CS)C(=O)NC(CCC(=O)O)C(=O)O. The van der Waals surface area contributed by atoms with Gasteiger partial charge in [0.15, 0.2) is 0 Å². The molecule has 0 rings (SSSR count). The molecular formula is C16H27N5O9S. The van der Waals surface area contributed by atoms with Gasteiger partial charge in [0.05, 0.1) is 18.6 Å². The van der Waals surface area contributed by atoms with E-state index in [1.807, 2.05) is 5.32 Å². The van der Waals surface area contributed by atoms with Crippen molar-refractivity contribution in [1.29, 1.82) is 0 Å². The summed E-state index contributed by atoms with van der Waals surface area (Å²) in [5.41, 5.74) is 10.6. The molecule has 0 saturated heterocycles. The minimum absolute atomic E-state index is 0.0671. The van der Waals surface area contributed by atoms with Crippen molar-refractivity contribution in [1.82, 2.24) is 16.0 Å². The topological polar surface area (TPSA) is 251 Å². The molecule has 176 valence electrons. The Labute approximate surface area is 182 Å². The Morgan fingerprint density at radius 3 is 1.90 bits per heavy atom. The predicted molar refractivity (Wildman–Crippen MR) is 108 cm³/mol. The summed E-state index contributed by atoms with van der Waals surface area (Å²) in [5.74, 6) is -6.86. The number of nitrogens with two attached hydrogens (primary N) is 2. The average molecular weight is 465 g/mol. The number of hydrogen-bond acceptors (Lipinski definition) is 9. The number of aliphatic carboxylic acids is 2. The molecule has 14 nitrogen and oxygen atoms in total. The van der Waals surface area contributed by atoms with Crippen LogP contribution in [0.2, 0.25) is 0 Å². The molecule has 0 aromatic rings. The summed E-state index contributed by atoms with van der Waals surface area (Å²) in [6.45, 7) is 1.12. The number of nitrogens with one attached hydrogen (secondary N) is 3. The molecule has 0 bridgehead atoms. The van der Waals surface area contributed by atoms with Crippen molar-refractivity contribution in [3.8, 4) is 0 Å². The molecule has 0 aliphatic rings. The second-order valence-corrected chi connectivity index (χ2v) is 6.94. The number of rotatable bonds is 14. The van der Waals surface area contributed by atoms with E-state index in [9.17, 15) is 33.9 Å². The number of thiol groups is 1. The fourth-order valence-corrected chi connectivity index (χ4v) is 2.38. The number of carbonyl (C=O) groups excluding carboxylic acids is 4. The van der Waals surface area contributed by atoms with Gasteiger partial charge < -0.3 is 42.7 Å². The second kappa shape index (κ2) is 13.4. The Kier molecular flexibility index (Phi) is 12.1. The number of primary amides is 1. The van der Waals surface area contributed by atoms with Crippen molar-refractivity contribution in [2.24, 2.45) is 11.5 Å². The molecule has 0 aliphatic carbocycles. The molecule has 0 aromatic heterocycles. The van der Waals surface area contributed by atoms with Crippen LogP contribution in [-0.2, 0) is 28.8 Å². The Morgan fingerprint density at radius 2 is 1.48 bits per heavy atom. The van der Waals surface area contributed by atoms with Crippen molar-refractivity contribution in [3.05, 3.63) is 0 Å². The van der Waals surface area contributed by atoms with Crippen LogP contribution in [0.1, 0.15) is 26.2 Å². The van der Waals surface area contributed by atoms with Gasteiger partial charge in [-0.1, -0.05) is 0 Å². The van der Waals surface area contributed by atoms with E-state index in [0.29, 0.717) is 0 Å². The van der Waals surface area contributed by atoms with E-state index in [2.05, 4.69) is 23.3 Å². The van der Waals surface area contributed by atoms with Gasteiger partial charge in [-0.05, 0) is 13.3 Å². The number of carboxylic acid groups (broad SMARTS) is 2. The quantitative estimate of drug-likeness (QED) is 0.112. The minimum atomic E-state index is -1.69. The first kappa shape index (κ1) is 28.1. The van der Waals surface area contributed by atoms with Gasteiger partial charge in [0.2, 0.25) is 23.6 Å². The van der Waals surface area contributed by atoms with Gasteiger partial charge in [0.1, 0.15) is 18.1 Å². The van der Waals surface area contributed by atoms with Gasteiger partial charge in [-0.2, -0.15) is 12.6 Å². The lowest BCUT2D eigenvalue weighted by molar-refractivity contribution is -0.144. The molecule has 0 radical (unpaired) electrons. The first-order chi connectivity index (χ1) is 14.3. The van der Waals surface area contributed by atoms with E-state index in [1.54, 1.807) is 0 Å². The van der Waals surface area contributed by atoms with Gasteiger partial charge in [-0.15, -0.1) is 0 Å². The number of aliphatic hydroxyl groups is 1. The number of aliphatic hydroxyl groups excluding tert-OH is 1. The van der Waals surface area contributed by atoms with Crippen LogP contribution in [0.15, 0.2) is 0 Å². The van der Waals surface area contributed by atoms with Gasteiger partial charge in [0, 0.05) is 12.2 Å². The summed E-state index contributed by atoms with van der Waals surface area (Å²) in [5, 5.41) is 33.9. The van der Waals surface area contributed by atoms with Crippen LogP contribution in [0.3, 0.4) is 0 Å². The van der Waals surface area contributed by atoms with Gasteiger partial charge in [-0.3, -0.25) is 24.0 Å². The third-order valence-corrected chi connectivity index (χ3v) is 4.29. The zero-order valence-electron chi connectivity index (χ0n) is 16.6. The summed E-state index contributed by atoms with van der Waals surface area (Å²) in [6.07, 6.45) is -3.18. The van der Waals surface area contributed by atoms with Gasteiger partial charge >= 0.3 is 11.9 Å². The van der Waals surface area contributed by atoms with E-state index in [-0.39, 0.29) is 5.75 Å². The van der Waals surface area contributed by atoms with Crippen LogP contribution in [-0.4, -0.2) is 86.9 Å². The fraction of sp³-hybridized carbons (Fsp3) is 0.625. The molecule has 0 saturated carbocycles. The van der Waals surface area contributed by atoms with Crippen LogP contribution < -0.4 is 27.4 Å². The standard InChI is InChI=1S/C16H27N5O9S/c1-6(22)12(15(28)19-8(16(29)30)2-3-11(24)25)21-14(27)9(4-10(18)23)20-13(26)7(17)5-31/h6-9,12,22,31H,2-5,17H2,1H3,(H2,18,23)(H,19,28)(H,20,26)(H,21,27)(H,24,25)(H,29,30). The molecule has 0 fully saturated rings. The smallest absolute Gasteiger partial charge is 0.326 e. The first-order valence-corrected chi connectivity index (χ1v) is 9.61. The fourth-order valence-electron chi connectivity index (χ4n) is 2.22. The number of carbonyl (C=O) groups is 6. The predicted octanol–water partition coefficient (Wildman–Crippen LogP) is -4.10. The molecular weight excluding hydrogens is 438 g/mol. The third-order valence-electron chi connectivity index (χ3n) is 3.90. The molecule has 0 aliphatic heterocycles. The highest BCUT2D eigenvalue weighted by molar-refractivity contribution is 7.80. The monoisotopic (exact) mass is 465 g/mol. The van der Waals surface area contributed by atoms with E-state index in [1.165, 1.54) is 0 Å². The molecule has 0 heterocycles. The van der Waals surface area contributed by atoms with Crippen LogP contribution in [0, 0.1) is 0 Å². The van der Waals surface area contributed by atoms with Crippen LogP contribution in [0.25, 0.3) is 0 Å².